The molecule has 3 N–H and O–H groups in total. The summed E-state index contributed by atoms with van der Waals surface area (Å²) in [7, 11) is 0. The molecular formula is C14H19F2N3O. The van der Waals surface area contributed by atoms with Gasteiger partial charge in [0.15, 0.2) is 5.82 Å². The van der Waals surface area contributed by atoms with E-state index in [1.165, 1.54) is 12.8 Å². The van der Waals surface area contributed by atoms with Gasteiger partial charge in [-0.1, -0.05) is 6.92 Å². The predicted octanol–water partition coefficient (Wildman–Crippen LogP) is 1.76. The monoisotopic (exact) mass is 283 g/mol. The summed E-state index contributed by atoms with van der Waals surface area (Å²) in [5.74, 6) is -2.23. The third kappa shape index (κ3) is 3.45. The van der Waals surface area contributed by atoms with Crippen LogP contribution < -0.4 is 11.1 Å². The molecule has 0 bridgehead atoms. The molecule has 1 fully saturated rings. The van der Waals surface area contributed by atoms with Crippen molar-refractivity contribution in [3.05, 3.63) is 29.3 Å². The minimum atomic E-state index is -0.876. The molecule has 110 valence electrons. The lowest BCUT2D eigenvalue weighted by molar-refractivity contribution is 0.0943. The zero-order chi connectivity index (χ0) is 14.7. The molecule has 1 aliphatic carbocycles. The van der Waals surface area contributed by atoms with Crippen molar-refractivity contribution >= 4 is 11.6 Å². The number of nitrogens with two attached hydrogens (primary N) is 1. The second-order valence-electron chi connectivity index (χ2n) is 4.97. The third-order valence-electron chi connectivity index (χ3n) is 3.46. The van der Waals surface area contributed by atoms with Gasteiger partial charge in [0.25, 0.3) is 5.91 Å². The van der Waals surface area contributed by atoms with Crippen molar-refractivity contribution in [3.8, 4) is 0 Å². The molecule has 1 aromatic rings. The standard InChI is InChI=1S/C14H19F2N3O/c1-2-19(10-3-4-10)6-5-18-14(20)11-7-9(15)8-12(17)13(11)16/h7-8,10H,2-6,17H2,1H3,(H,18,20). The van der Waals surface area contributed by atoms with Gasteiger partial charge in [-0.2, -0.15) is 0 Å². The number of likely N-dealkylation sites (N-methyl/N-ethyl adjacent to an activating group) is 1. The highest BCUT2D eigenvalue weighted by atomic mass is 19.1. The number of nitrogen functional groups attached to an aromatic ring is 1. The maximum Gasteiger partial charge on any atom is 0.254 e. The molecule has 1 amide bonds. The second kappa shape index (κ2) is 6.17. The molecule has 1 aromatic carbocycles. The average Bonchev–Trinajstić information content (AvgIpc) is 3.23. The largest absolute Gasteiger partial charge is 0.396 e. The van der Waals surface area contributed by atoms with E-state index in [1.54, 1.807) is 0 Å². The van der Waals surface area contributed by atoms with Crippen molar-refractivity contribution in [2.24, 2.45) is 0 Å². The van der Waals surface area contributed by atoms with Gasteiger partial charge < -0.3 is 11.1 Å². The van der Waals surface area contributed by atoms with Crippen LogP contribution in [0, 0.1) is 11.6 Å². The zero-order valence-electron chi connectivity index (χ0n) is 11.5. The summed E-state index contributed by atoms with van der Waals surface area (Å²) in [5.41, 5.74) is 4.59. The summed E-state index contributed by atoms with van der Waals surface area (Å²) in [6.07, 6.45) is 2.38. The van der Waals surface area contributed by atoms with Crippen LogP contribution in [-0.4, -0.2) is 36.5 Å². The number of carbonyl (C=O) groups is 1. The number of rotatable bonds is 6. The first-order valence-electron chi connectivity index (χ1n) is 6.79. The number of anilines is 1. The van der Waals surface area contributed by atoms with Crippen LogP contribution >= 0.6 is 0 Å². The molecule has 4 nitrogen and oxygen atoms in total. The van der Waals surface area contributed by atoms with Crippen molar-refractivity contribution < 1.29 is 13.6 Å². The molecule has 6 heteroatoms. The quantitative estimate of drug-likeness (QED) is 0.782. The van der Waals surface area contributed by atoms with Crippen LogP contribution in [0.15, 0.2) is 12.1 Å². The van der Waals surface area contributed by atoms with E-state index in [2.05, 4.69) is 17.1 Å². The fraction of sp³-hybridized carbons (Fsp3) is 0.500. The van der Waals surface area contributed by atoms with Crippen molar-refractivity contribution in [2.45, 2.75) is 25.8 Å². The molecule has 0 atom stereocenters. The lowest BCUT2D eigenvalue weighted by Gasteiger charge is -2.19. The Morgan fingerprint density at radius 3 is 2.75 bits per heavy atom. The topological polar surface area (TPSA) is 58.4 Å². The number of amides is 1. The van der Waals surface area contributed by atoms with Crippen LogP contribution in [0.3, 0.4) is 0 Å². The van der Waals surface area contributed by atoms with Gasteiger partial charge in [0.2, 0.25) is 0 Å². The maximum absolute atomic E-state index is 13.7. The molecule has 0 saturated heterocycles. The normalized spacial score (nSPS) is 14.6. The molecule has 1 aliphatic rings. The number of hydrogen-bond donors (Lipinski definition) is 2. The van der Waals surface area contributed by atoms with Crippen LogP contribution in [0.1, 0.15) is 30.1 Å². The van der Waals surface area contributed by atoms with Gasteiger partial charge in [-0.3, -0.25) is 9.69 Å². The summed E-state index contributed by atoms with van der Waals surface area (Å²) in [6.45, 7) is 4.09. The number of benzene rings is 1. The molecule has 20 heavy (non-hydrogen) atoms. The SMILES string of the molecule is CCN(CCNC(=O)c1cc(F)cc(N)c1F)C1CC1. The van der Waals surface area contributed by atoms with Crippen molar-refractivity contribution in [2.75, 3.05) is 25.4 Å². The molecule has 0 heterocycles. The first-order valence-corrected chi connectivity index (χ1v) is 6.79. The summed E-state index contributed by atoms with van der Waals surface area (Å²) in [6, 6.07) is 2.33. The highest BCUT2D eigenvalue weighted by molar-refractivity contribution is 5.95. The number of halogens is 2. The molecule has 0 aliphatic heterocycles. The summed E-state index contributed by atoms with van der Waals surface area (Å²) < 4.78 is 26.8. The van der Waals surface area contributed by atoms with Crippen molar-refractivity contribution in [3.63, 3.8) is 0 Å². The molecule has 0 radical (unpaired) electrons. The van der Waals surface area contributed by atoms with E-state index in [0.717, 1.165) is 18.7 Å². The molecule has 0 unspecified atom stereocenters. The summed E-state index contributed by atoms with van der Waals surface area (Å²) >= 11 is 0. The van der Waals surface area contributed by atoms with Gasteiger partial charge in [0.05, 0.1) is 11.3 Å². The highest BCUT2D eigenvalue weighted by Crippen LogP contribution is 2.25. The molecular weight excluding hydrogens is 264 g/mol. The minimum Gasteiger partial charge on any atom is -0.396 e. The Kier molecular flexibility index (Phi) is 4.54. The molecule has 0 aromatic heterocycles. The summed E-state index contributed by atoms with van der Waals surface area (Å²) in [5, 5.41) is 2.60. The Balaban J connectivity index is 1.91. The Labute approximate surface area is 116 Å². The smallest absolute Gasteiger partial charge is 0.254 e. The third-order valence-corrected chi connectivity index (χ3v) is 3.46. The Morgan fingerprint density at radius 1 is 1.45 bits per heavy atom. The first-order chi connectivity index (χ1) is 9.52. The van der Waals surface area contributed by atoms with Crippen LogP contribution in [0.4, 0.5) is 14.5 Å². The average molecular weight is 283 g/mol. The number of hydrogen-bond acceptors (Lipinski definition) is 3. The van der Waals surface area contributed by atoms with E-state index in [1.807, 2.05) is 0 Å². The lowest BCUT2D eigenvalue weighted by Crippen LogP contribution is -2.36. The van der Waals surface area contributed by atoms with Gasteiger partial charge in [-0.05, 0) is 31.5 Å². The molecule has 1 saturated carbocycles. The van der Waals surface area contributed by atoms with E-state index >= 15 is 0 Å². The Morgan fingerprint density at radius 2 is 2.15 bits per heavy atom. The lowest BCUT2D eigenvalue weighted by atomic mass is 10.1. The highest BCUT2D eigenvalue weighted by Gasteiger charge is 2.27. The Bertz CT molecular complexity index is 503. The minimum absolute atomic E-state index is 0.350. The van der Waals surface area contributed by atoms with E-state index in [-0.39, 0.29) is 11.3 Å². The van der Waals surface area contributed by atoms with Gasteiger partial charge in [-0.25, -0.2) is 8.78 Å². The van der Waals surface area contributed by atoms with Gasteiger partial charge in [0.1, 0.15) is 5.82 Å². The van der Waals surface area contributed by atoms with Gasteiger partial charge in [0, 0.05) is 19.1 Å². The van der Waals surface area contributed by atoms with Crippen LogP contribution in [-0.2, 0) is 0 Å². The van der Waals surface area contributed by atoms with Crippen LogP contribution in [0.25, 0.3) is 0 Å². The van der Waals surface area contributed by atoms with E-state index < -0.39 is 17.5 Å². The second-order valence-corrected chi connectivity index (χ2v) is 4.97. The van der Waals surface area contributed by atoms with Gasteiger partial charge >= 0.3 is 0 Å². The number of nitrogens with zero attached hydrogens (tertiary/aromatic N) is 1. The zero-order valence-corrected chi connectivity index (χ0v) is 11.5. The molecule has 2 rings (SSSR count). The summed E-state index contributed by atoms with van der Waals surface area (Å²) in [4.78, 5) is 14.1. The van der Waals surface area contributed by atoms with Crippen LogP contribution in [0.2, 0.25) is 0 Å². The van der Waals surface area contributed by atoms with E-state index in [4.69, 9.17) is 5.73 Å². The van der Waals surface area contributed by atoms with Gasteiger partial charge in [-0.15, -0.1) is 0 Å². The van der Waals surface area contributed by atoms with Crippen molar-refractivity contribution in [1.29, 1.82) is 0 Å². The Hall–Kier alpha value is -1.69. The number of nitrogens with one attached hydrogen (secondary N) is 1. The van der Waals surface area contributed by atoms with E-state index in [9.17, 15) is 13.6 Å². The predicted molar refractivity (Wildman–Crippen MR) is 73.4 cm³/mol. The number of carbonyl (C=O) groups excluding carboxylic acids is 1. The molecule has 0 spiro atoms. The first kappa shape index (κ1) is 14.7. The fourth-order valence-electron chi connectivity index (χ4n) is 2.22. The van der Waals surface area contributed by atoms with E-state index in [0.29, 0.717) is 19.1 Å². The van der Waals surface area contributed by atoms with Crippen molar-refractivity contribution in [1.82, 2.24) is 10.2 Å². The fourth-order valence-corrected chi connectivity index (χ4v) is 2.22. The maximum atomic E-state index is 13.7. The van der Waals surface area contributed by atoms with Crippen LogP contribution in [0.5, 0.6) is 0 Å².